The minimum Gasteiger partial charge on any atom is -0.390 e. The van der Waals surface area contributed by atoms with E-state index < -0.39 is 66.5 Å². The summed E-state index contributed by atoms with van der Waals surface area (Å²) in [7, 11) is 0. The van der Waals surface area contributed by atoms with Crippen molar-refractivity contribution in [3.05, 3.63) is 0 Å². The maximum absolute atomic E-state index is 13.4. The number of alkyl halides is 16. The summed E-state index contributed by atoms with van der Waals surface area (Å²) in [6.45, 7) is -3.05. The van der Waals surface area contributed by atoms with E-state index in [0.29, 0.717) is 6.92 Å². The van der Waals surface area contributed by atoms with Crippen molar-refractivity contribution in [3.8, 4) is 0 Å². The summed E-state index contributed by atoms with van der Waals surface area (Å²) in [6, 6.07) is 0. The molecular weight excluding hydrogens is 480 g/mol. The molecule has 1 atom stereocenters. The average Bonchev–Trinajstić information content (AvgIpc) is 2.59. The third kappa shape index (κ3) is 3.37. The monoisotopic (exact) mass is 490 g/mol. The van der Waals surface area contributed by atoms with Crippen LogP contribution < -0.4 is 0 Å². The van der Waals surface area contributed by atoms with Crippen LogP contribution in [0.3, 0.4) is 0 Å². The molecule has 2 N–H and O–H groups in total. The molecule has 0 fully saturated rings. The second-order valence-electron chi connectivity index (χ2n) is 5.86. The lowest BCUT2D eigenvalue weighted by molar-refractivity contribution is -0.457. The topological polar surface area (TPSA) is 40.5 Å². The van der Waals surface area contributed by atoms with Gasteiger partial charge in [-0.1, -0.05) is 6.92 Å². The second-order valence-corrected chi connectivity index (χ2v) is 5.86. The summed E-state index contributed by atoms with van der Waals surface area (Å²) >= 11 is 0. The molecule has 0 aliphatic rings. The van der Waals surface area contributed by atoms with Crippen molar-refractivity contribution in [2.45, 2.75) is 66.8 Å². The molecule has 0 aliphatic carbocycles. The maximum atomic E-state index is 13.4. The SMILES string of the molecule is CCC(O)C(F)(F)C(F)(F)C(F)(F)C(F)(F)C(F)(F)C(F)(F)C(F)(F)C(F)(F)CO. The van der Waals surface area contributed by atoms with Gasteiger partial charge in [-0.2, -0.15) is 70.2 Å². The van der Waals surface area contributed by atoms with Gasteiger partial charge in [-0.05, 0) is 6.42 Å². The Morgan fingerprint density at radius 1 is 0.533 bits per heavy atom. The van der Waals surface area contributed by atoms with Crippen LogP contribution in [0.1, 0.15) is 13.3 Å². The molecule has 0 aromatic carbocycles. The molecule has 1 unspecified atom stereocenters. The minimum atomic E-state index is -8.53. The van der Waals surface area contributed by atoms with Crippen LogP contribution in [0.15, 0.2) is 0 Å². The van der Waals surface area contributed by atoms with Crippen LogP contribution in [-0.2, 0) is 0 Å². The Labute approximate surface area is 155 Å². The normalized spacial score (nSPS) is 17.3. The Morgan fingerprint density at radius 2 is 0.800 bits per heavy atom. The molecule has 0 aromatic rings. The summed E-state index contributed by atoms with van der Waals surface area (Å²) in [4.78, 5) is 0. The van der Waals surface area contributed by atoms with Gasteiger partial charge in [0, 0.05) is 0 Å². The summed E-state index contributed by atoms with van der Waals surface area (Å²) in [6.07, 6.45) is -5.54. The molecule has 182 valence electrons. The van der Waals surface area contributed by atoms with Crippen molar-refractivity contribution < 1.29 is 80.5 Å². The second kappa shape index (κ2) is 7.44. The molecule has 2 nitrogen and oxygen atoms in total. The highest BCUT2D eigenvalue weighted by Crippen LogP contribution is 2.64. The number of aliphatic hydroxyl groups is 2. The van der Waals surface area contributed by atoms with Crippen molar-refractivity contribution in [3.63, 3.8) is 0 Å². The smallest absolute Gasteiger partial charge is 0.385 e. The van der Waals surface area contributed by atoms with Gasteiger partial charge < -0.3 is 10.2 Å². The van der Waals surface area contributed by atoms with Gasteiger partial charge in [0.1, 0.15) is 12.7 Å². The first kappa shape index (κ1) is 28.8. The summed E-state index contributed by atoms with van der Waals surface area (Å²) in [5.74, 6) is -62.6. The lowest BCUT2D eigenvalue weighted by Gasteiger charge is -2.44. The fourth-order valence-electron chi connectivity index (χ4n) is 1.79. The summed E-state index contributed by atoms with van der Waals surface area (Å²) in [5, 5.41) is 16.4. The van der Waals surface area contributed by atoms with Crippen LogP contribution in [-0.4, -0.2) is 70.3 Å². The fourth-order valence-corrected chi connectivity index (χ4v) is 1.79. The highest BCUT2D eigenvalue weighted by Gasteiger charge is 2.95. The Kier molecular flexibility index (Phi) is 7.14. The van der Waals surface area contributed by atoms with Gasteiger partial charge in [0.15, 0.2) is 0 Å². The van der Waals surface area contributed by atoms with Gasteiger partial charge in [0.05, 0.1) is 0 Å². The predicted octanol–water partition coefficient (Wildman–Crippen LogP) is 4.83. The van der Waals surface area contributed by atoms with Crippen LogP contribution in [0.4, 0.5) is 70.2 Å². The first-order valence-corrected chi connectivity index (χ1v) is 7.11. The van der Waals surface area contributed by atoms with E-state index in [1.807, 2.05) is 0 Å². The van der Waals surface area contributed by atoms with E-state index >= 15 is 0 Å². The first-order valence-electron chi connectivity index (χ1n) is 7.11. The van der Waals surface area contributed by atoms with E-state index in [-0.39, 0.29) is 0 Å². The van der Waals surface area contributed by atoms with E-state index in [9.17, 15) is 70.2 Å². The number of rotatable bonds is 10. The maximum Gasteiger partial charge on any atom is 0.385 e. The van der Waals surface area contributed by atoms with E-state index in [1.165, 1.54) is 0 Å². The molecule has 0 rings (SSSR count). The molecular formula is C12H10F16O2. The molecule has 0 saturated carbocycles. The lowest BCUT2D eigenvalue weighted by Crippen LogP contribution is -2.75. The summed E-state index contributed by atoms with van der Waals surface area (Å²) < 4.78 is 211. The minimum absolute atomic E-state index is 0.380. The highest BCUT2D eigenvalue weighted by molar-refractivity contribution is 5.16. The molecule has 0 bridgehead atoms. The quantitative estimate of drug-likeness (QED) is 0.431. The number of hydrogen-bond acceptors (Lipinski definition) is 2. The van der Waals surface area contributed by atoms with E-state index in [4.69, 9.17) is 10.2 Å². The van der Waals surface area contributed by atoms with Crippen molar-refractivity contribution in [1.29, 1.82) is 0 Å². The fraction of sp³-hybridized carbons (Fsp3) is 1.00. The van der Waals surface area contributed by atoms with Gasteiger partial charge >= 0.3 is 47.4 Å². The molecule has 0 aliphatic heterocycles. The first-order chi connectivity index (χ1) is 12.8. The zero-order valence-electron chi connectivity index (χ0n) is 13.9. The van der Waals surface area contributed by atoms with Crippen molar-refractivity contribution >= 4 is 0 Å². The molecule has 0 heterocycles. The number of hydrogen-bond donors (Lipinski definition) is 2. The average molecular weight is 490 g/mol. The van der Waals surface area contributed by atoms with Crippen molar-refractivity contribution in [2.24, 2.45) is 0 Å². The van der Waals surface area contributed by atoms with Crippen LogP contribution in [0, 0.1) is 0 Å². The molecule has 0 spiro atoms. The molecule has 0 amide bonds. The number of aliphatic hydroxyl groups excluding tert-OH is 2. The standard InChI is InChI=1S/C12H10F16O2/c1-2-4(30)6(15,16)8(19,20)10(23,24)12(27,28)11(25,26)9(21,22)7(17,18)5(13,14)3-29/h4,29-30H,2-3H2,1H3. The van der Waals surface area contributed by atoms with Gasteiger partial charge in [-0.15, -0.1) is 0 Å². The largest absolute Gasteiger partial charge is 0.390 e. The zero-order valence-corrected chi connectivity index (χ0v) is 13.9. The highest BCUT2D eigenvalue weighted by atomic mass is 19.4. The van der Waals surface area contributed by atoms with E-state index in [1.54, 1.807) is 0 Å². The Morgan fingerprint density at radius 3 is 1.07 bits per heavy atom. The summed E-state index contributed by atoms with van der Waals surface area (Å²) in [5.41, 5.74) is 0. The Balaban J connectivity index is 6.77. The van der Waals surface area contributed by atoms with Crippen LogP contribution in [0.2, 0.25) is 0 Å². The third-order valence-electron chi connectivity index (χ3n) is 3.85. The van der Waals surface area contributed by atoms with Crippen molar-refractivity contribution in [1.82, 2.24) is 0 Å². The zero-order chi connectivity index (χ0) is 25.0. The van der Waals surface area contributed by atoms with Crippen LogP contribution >= 0.6 is 0 Å². The third-order valence-corrected chi connectivity index (χ3v) is 3.85. The predicted molar refractivity (Wildman–Crippen MR) is 63.0 cm³/mol. The van der Waals surface area contributed by atoms with E-state index in [2.05, 4.69) is 0 Å². The van der Waals surface area contributed by atoms with Crippen LogP contribution in [0.25, 0.3) is 0 Å². The Hall–Kier alpha value is -1.20. The number of halogens is 16. The Bertz CT molecular complexity index is 613. The lowest BCUT2D eigenvalue weighted by atomic mass is 9.86. The molecule has 0 saturated heterocycles. The molecule has 0 radical (unpaired) electrons. The van der Waals surface area contributed by atoms with Gasteiger partial charge in [0.2, 0.25) is 0 Å². The van der Waals surface area contributed by atoms with Crippen LogP contribution in [0.5, 0.6) is 0 Å². The molecule has 30 heavy (non-hydrogen) atoms. The molecule has 0 aromatic heterocycles. The molecule has 18 heteroatoms. The van der Waals surface area contributed by atoms with Gasteiger partial charge in [0.25, 0.3) is 0 Å². The van der Waals surface area contributed by atoms with Gasteiger partial charge in [-0.25, -0.2) is 0 Å². The van der Waals surface area contributed by atoms with Crippen molar-refractivity contribution in [2.75, 3.05) is 6.61 Å². The van der Waals surface area contributed by atoms with Gasteiger partial charge in [-0.3, -0.25) is 0 Å². The van der Waals surface area contributed by atoms with E-state index in [0.717, 1.165) is 0 Å².